The van der Waals surface area contributed by atoms with E-state index in [1.54, 1.807) is 10.6 Å². The first-order valence-electron chi connectivity index (χ1n) is 5.53. The molecule has 0 radical (unpaired) electrons. The highest BCUT2D eigenvalue weighted by Crippen LogP contribution is 2.17. The largest absolute Gasteiger partial charge is 0.326 e. The number of hydrogen-bond acceptors (Lipinski definition) is 2. The van der Waals surface area contributed by atoms with Gasteiger partial charge in [-0.05, 0) is 39.2 Å². The Morgan fingerprint density at radius 3 is 2.82 bits per heavy atom. The summed E-state index contributed by atoms with van der Waals surface area (Å²) in [6.45, 7) is 2.72. The Hall–Kier alpha value is -1.26. The molecule has 1 atom stereocenters. The van der Waals surface area contributed by atoms with E-state index in [1.165, 1.54) is 0 Å². The van der Waals surface area contributed by atoms with E-state index < -0.39 is 0 Å². The summed E-state index contributed by atoms with van der Waals surface area (Å²) in [6.07, 6.45) is 0. The lowest BCUT2D eigenvalue weighted by Crippen LogP contribution is -2.32. The number of halogens is 1. The van der Waals surface area contributed by atoms with Crippen LogP contribution in [0.4, 0.5) is 0 Å². The van der Waals surface area contributed by atoms with Crippen molar-refractivity contribution in [1.82, 2.24) is 14.5 Å². The van der Waals surface area contributed by atoms with Crippen molar-refractivity contribution in [2.45, 2.75) is 19.5 Å². The quantitative estimate of drug-likeness (QED) is 0.908. The highest BCUT2D eigenvalue weighted by Gasteiger charge is 2.11. The molecular weight excluding hydrogens is 238 g/mol. The summed E-state index contributed by atoms with van der Waals surface area (Å²) in [5, 5.41) is 0.641. The van der Waals surface area contributed by atoms with Crippen LogP contribution in [0.2, 0.25) is 5.02 Å². The van der Waals surface area contributed by atoms with E-state index in [0.717, 1.165) is 11.0 Å². The lowest BCUT2D eigenvalue weighted by Gasteiger charge is -2.19. The molecule has 2 aromatic rings. The van der Waals surface area contributed by atoms with Gasteiger partial charge in [-0.25, -0.2) is 4.79 Å². The van der Waals surface area contributed by atoms with E-state index in [9.17, 15) is 4.79 Å². The van der Waals surface area contributed by atoms with Crippen molar-refractivity contribution in [3.8, 4) is 0 Å². The van der Waals surface area contributed by atoms with Gasteiger partial charge in [-0.15, -0.1) is 0 Å². The third-order valence-electron chi connectivity index (χ3n) is 3.07. The van der Waals surface area contributed by atoms with Crippen LogP contribution in [0.15, 0.2) is 23.0 Å². The highest BCUT2D eigenvalue weighted by molar-refractivity contribution is 6.31. The molecule has 1 unspecified atom stereocenters. The molecule has 0 aliphatic heterocycles. The fourth-order valence-corrected chi connectivity index (χ4v) is 1.90. The van der Waals surface area contributed by atoms with Gasteiger partial charge in [0.05, 0.1) is 11.0 Å². The van der Waals surface area contributed by atoms with Crippen LogP contribution < -0.4 is 5.69 Å². The van der Waals surface area contributed by atoms with Crippen molar-refractivity contribution in [3.63, 3.8) is 0 Å². The predicted molar refractivity (Wildman–Crippen MR) is 70.7 cm³/mol. The maximum Gasteiger partial charge on any atom is 0.326 e. The number of aromatic nitrogens is 2. The second kappa shape index (κ2) is 4.55. The van der Waals surface area contributed by atoms with E-state index >= 15 is 0 Å². The minimum atomic E-state index is -0.0871. The number of nitrogens with zero attached hydrogens (tertiary/aromatic N) is 2. The van der Waals surface area contributed by atoms with Gasteiger partial charge in [-0.1, -0.05) is 11.6 Å². The average Bonchev–Trinajstić information content (AvgIpc) is 2.55. The molecule has 5 heteroatoms. The fraction of sp³-hybridized carbons (Fsp3) is 0.417. The molecule has 0 bridgehead atoms. The van der Waals surface area contributed by atoms with E-state index in [0.29, 0.717) is 11.6 Å². The van der Waals surface area contributed by atoms with Gasteiger partial charge in [0.2, 0.25) is 0 Å². The molecule has 0 aliphatic carbocycles. The smallest absolute Gasteiger partial charge is 0.306 e. The van der Waals surface area contributed by atoms with Crippen LogP contribution >= 0.6 is 11.6 Å². The number of imidazole rings is 1. The summed E-state index contributed by atoms with van der Waals surface area (Å²) in [5.74, 6) is 0. The number of nitrogens with one attached hydrogen (secondary N) is 1. The van der Waals surface area contributed by atoms with Gasteiger partial charge in [0, 0.05) is 17.6 Å². The molecule has 1 aromatic carbocycles. The number of benzene rings is 1. The molecular formula is C12H16ClN3O. The van der Waals surface area contributed by atoms with Gasteiger partial charge in [-0.3, -0.25) is 4.57 Å². The average molecular weight is 254 g/mol. The predicted octanol–water partition coefficient (Wildman–Crippen LogP) is 1.93. The van der Waals surface area contributed by atoms with Crippen molar-refractivity contribution in [2.24, 2.45) is 0 Å². The highest BCUT2D eigenvalue weighted by atomic mass is 35.5. The van der Waals surface area contributed by atoms with Crippen LogP contribution in [0.3, 0.4) is 0 Å². The molecule has 1 aromatic heterocycles. The Morgan fingerprint density at radius 2 is 2.18 bits per heavy atom. The second-order valence-electron chi connectivity index (χ2n) is 4.51. The zero-order chi connectivity index (χ0) is 12.6. The Bertz CT molecular complexity index is 585. The number of likely N-dealkylation sites (N-methyl/N-ethyl adjacent to an activating group) is 1. The van der Waals surface area contributed by atoms with Crippen LogP contribution in [0.1, 0.15) is 6.92 Å². The summed E-state index contributed by atoms with van der Waals surface area (Å²) in [7, 11) is 4.00. The van der Waals surface area contributed by atoms with Crippen LogP contribution in [-0.2, 0) is 6.54 Å². The lowest BCUT2D eigenvalue weighted by atomic mass is 10.3. The topological polar surface area (TPSA) is 41.0 Å². The molecule has 1 N–H and O–H groups in total. The minimum absolute atomic E-state index is 0.0871. The summed E-state index contributed by atoms with van der Waals surface area (Å²) in [6, 6.07) is 5.71. The van der Waals surface area contributed by atoms with Gasteiger partial charge in [0.15, 0.2) is 0 Å². The molecule has 2 rings (SSSR count). The summed E-state index contributed by atoms with van der Waals surface area (Å²) in [5.41, 5.74) is 1.59. The molecule has 1 heterocycles. The van der Waals surface area contributed by atoms with Gasteiger partial charge in [0.1, 0.15) is 0 Å². The molecule has 4 nitrogen and oxygen atoms in total. The molecule has 0 saturated carbocycles. The second-order valence-corrected chi connectivity index (χ2v) is 4.95. The molecule has 17 heavy (non-hydrogen) atoms. The van der Waals surface area contributed by atoms with E-state index in [1.807, 2.05) is 26.2 Å². The number of fused-ring (bicyclic) bond motifs is 1. The molecule has 0 aliphatic rings. The van der Waals surface area contributed by atoms with Gasteiger partial charge >= 0.3 is 5.69 Å². The number of rotatable bonds is 3. The van der Waals surface area contributed by atoms with Crippen LogP contribution in [0.5, 0.6) is 0 Å². The number of aromatic amines is 1. The third kappa shape index (κ3) is 2.37. The molecule has 0 spiro atoms. The van der Waals surface area contributed by atoms with Crippen LogP contribution in [0.25, 0.3) is 11.0 Å². The Balaban J connectivity index is 2.49. The first kappa shape index (κ1) is 12.2. The zero-order valence-electron chi connectivity index (χ0n) is 10.2. The Labute approximate surface area is 105 Å². The number of H-pyrrole nitrogens is 1. The van der Waals surface area contributed by atoms with E-state index in [4.69, 9.17) is 11.6 Å². The first-order chi connectivity index (χ1) is 7.99. The maximum atomic E-state index is 11.9. The van der Waals surface area contributed by atoms with Crippen LogP contribution in [0, 0.1) is 0 Å². The minimum Gasteiger partial charge on any atom is -0.306 e. The summed E-state index contributed by atoms with van der Waals surface area (Å²) < 4.78 is 1.73. The Morgan fingerprint density at radius 1 is 1.47 bits per heavy atom. The lowest BCUT2D eigenvalue weighted by molar-refractivity contribution is 0.284. The maximum absolute atomic E-state index is 11.9. The van der Waals surface area contributed by atoms with Crippen molar-refractivity contribution in [2.75, 3.05) is 14.1 Å². The third-order valence-corrected chi connectivity index (χ3v) is 3.30. The van der Waals surface area contributed by atoms with E-state index in [-0.39, 0.29) is 11.7 Å². The SMILES string of the molecule is CC(Cn1c(=O)[nH]c2ccc(Cl)cc21)N(C)C. The van der Waals surface area contributed by atoms with E-state index in [2.05, 4.69) is 16.8 Å². The van der Waals surface area contributed by atoms with Crippen molar-refractivity contribution in [1.29, 1.82) is 0 Å². The molecule has 0 fully saturated rings. The van der Waals surface area contributed by atoms with Gasteiger partial charge in [-0.2, -0.15) is 0 Å². The van der Waals surface area contributed by atoms with Gasteiger partial charge < -0.3 is 9.88 Å². The normalized spacial score (nSPS) is 13.5. The van der Waals surface area contributed by atoms with Crippen LogP contribution in [-0.4, -0.2) is 34.6 Å². The standard InChI is InChI=1S/C12H16ClN3O/c1-8(15(2)3)7-16-11-6-9(13)4-5-10(11)14-12(16)17/h4-6,8H,7H2,1-3H3,(H,14,17). The molecule has 0 amide bonds. The molecule has 92 valence electrons. The van der Waals surface area contributed by atoms with Crippen molar-refractivity contribution >= 4 is 22.6 Å². The van der Waals surface area contributed by atoms with Crippen molar-refractivity contribution in [3.05, 3.63) is 33.7 Å². The summed E-state index contributed by atoms with van der Waals surface area (Å²) in [4.78, 5) is 16.8. The summed E-state index contributed by atoms with van der Waals surface area (Å²) >= 11 is 5.96. The first-order valence-corrected chi connectivity index (χ1v) is 5.91. The zero-order valence-corrected chi connectivity index (χ0v) is 11.0. The fourth-order valence-electron chi connectivity index (χ4n) is 1.73. The van der Waals surface area contributed by atoms with Gasteiger partial charge in [0.25, 0.3) is 0 Å². The Kier molecular flexibility index (Phi) is 3.26. The monoisotopic (exact) mass is 253 g/mol. The van der Waals surface area contributed by atoms with Crippen molar-refractivity contribution < 1.29 is 0 Å². The molecule has 0 saturated heterocycles. The number of hydrogen-bond donors (Lipinski definition) is 1.